The van der Waals surface area contributed by atoms with Crippen LogP contribution in [0.25, 0.3) is 11.1 Å². The minimum absolute atomic E-state index is 0.00748. The number of esters is 1. The molecule has 0 unspecified atom stereocenters. The molecule has 0 radical (unpaired) electrons. The summed E-state index contributed by atoms with van der Waals surface area (Å²) in [7, 11) is 0. The van der Waals surface area contributed by atoms with E-state index in [0.29, 0.717) is 5.56 Å². The molecule has 5 aromatic rings. The number of rotatable bonds is 20. The first kappa shape index (κ1) is 49.2. The van der Waals surface area contributed by atoms with Gasteiger partial charge in [0.15, 0.2) is 5.60 Å². The molecule has 4 nitrogen and oxygen atoms in total. The fourth-order valence-corrected chi connectivity index (χ4v) is 9.73. The molecule has 8 heteroatoms. The number of hydrogen-bond acceptors (Lipinski definition) is 4. The quantitative estimate of drug-likeness (QED) is 0.0442. The molecule has 0 saturated heterocycles. The third-order valence-corrected chi connectivity index (χ3v) is 14.2. The molecular formula is C56H64Cl4N2O2. The molecule has 0 aliphatic carbocycles. The molecule has 0 bridgehead atoms. The van der Waals surface area contributed by atoms with E-state index in [1.807, 2.05) is 12.2 Å². The van der Waals surface area contributed by atoms with E-state index in [1.54, 1.807) is 0 Å². The first-order chi connectivity index (χ1) is 30.8. The van der Waals surface area contributed by atoms with Gasteiger partial charge in [0.1, 0.15) is 0 Å². The Balaban J connectivity index is 1.69. The summed E-state index contributed by atoms with van der Waals surface area (Å²) in [6.45, 7) is 21.4. The van der Waals surface area contributed by atoms with E-state index in [0.717, 1.165) is 133 Å². The fourth-order valence-electron chi connectivity index (χ4n) is 8.65. The Bertz CT molecular complexity index is 2340. The summed E-state index contributed by atoms with van der Waals surface area (Å²) in [6.07, 6.45) is 13.1. The number of carbonyl (C=O) groups excluding carboxylic acids is 1. The number of anilines is 2. The van der Waals surface area contributed by atoms with Gasteiger partial charge in [-0.2, -0.15) is 0 Å². The van der Waals surface area contributed by atoms with Crippen LogP contribution in [0.3, 0.4) is 0 Å². The molecule has 338 valence electrons. The van der Waals surface area contributed by atoms with Crippen molar-refractivity contribution in [3.05, 3.63) is 173 Å². The highest BCUT2D eigenvalue weighted by Gasteiger charge is 2.48. The van der Waals surface area contributed by atoms with E-state index in [-0.39, 0.29) is 25.7 Å². The Morgan fingerprint density at radius 3 is 1.27 bits per heavy atom. The molecule has 0 amide bonds. The van der Waals surface area contributed by atoms with Gasteiger partial charge in [-0.1, -0.05) is 172 Å². The fraction of sp³-hybridized carbons (Fsp3) is 0.375. The number of nitrogens with zero attached hydrogens (tertiary/aromatic N) is 2. The summed E-state index contributed by atoms with van der Waals surface area (Å²) in [4.78, 5) is 19.5. The second-order valence-corrected chi connectivity index (χ2v) is 18.9. The summed E-state index contributed by atoms with van der Waals surface area (Å²) in [5.74, 6) is -0.636. The Hall–Kier alpha value is -4.19. The van der Waals surface area contributed by atoms with Crippen LogP contribution in [-0.2, 0) is 10.3 Å². The molecule has 64 heavy (non-hydrogen) atoms. The predicted molar refractivity (Wildman–Crippen MR) is 277 cm³/mol. The number of aryl methyl sites for hydroxylation is 4. The zero-order valence-corrected chi connectivity index (χ0v) is 42.0. The smallest absolute Gasteiger partial charge is 0.341 e. The second-order valence-electron chi connectivity index (χ2n) is 17.4. The number of halogens is 4. The number of cyclic esters (lactones) is 1. The molecule has 0 saturated carbocycles. The van der Waals surface area contributed by atoms with Crippen molar-refractivity contribution in [2.45, 2.75) is 112 Å². The number of ether oxygens (including phenoxy) is 1. The van der Waals surface area contributed by atoms with Crippen LogP contribution >= 0.6 is 46.4 Å². The zero-order valence-electron chi connectivity index (χ0n) is 38.9. The summed E-state index contributed by atoms with van der Waals surface area (Å²) in [6, 6.07) is 30.3. The Morgan fingerprint density at radius 2 is 0.906 bits per heavy atom. The lowest BCUT2D eigenvalue weighted by atomic mass is 9.81. The van der Waals surface area contributed by atoms with Crippen LogP contribution in [0.4, 0.5) is 11.4 Å². The van der Waals surface area contributed by atoms with Crippen LogP contribution < -0.4 is 9.80 Å². The zero-order chi connectivity index (χ0) is 46.1. The van der Waals surface area contributed by atoms with Crippen molar-refractivity contribution in [1.82, 2.24) is 0 Å². The van der Waals surface area contributed by atoms with Crippen molar-refractivity contribution < 1.29 is 9.53 Å². The minimum atomic E-state index is -1.60. The predicted octanol–water partition coefficient (Wildman–Crippen LogP) is 17.0. The topological polar surface area (TPSA) is 32.8 Å². The average molecular weight is 939 g/mol. The number of fused-ring (bicyclic) bond motifs is 1. The summed E-state index contributed by atoms with van der Waals surface area (Å²) in [5.41, 5.74) is 11.3. The maximum absolute atomic E-state index is 14.5. The lowest BCUT2D eigenvalue weighted by molar-refractivity contribution is 0.0300. The largest absolute Gasteiger partial charge is 0.442 e. The third-order valence-electron chi connectivity index (χ3n) is 12.4. The lowest BCUT2D eigenvalue weighted by Gasteiger charge is -2.29. The van der Waals surface area contributed by atoms with Crippen LogP contribution in [0.2, 0.25) is 20.1 Å². The summed E-state index contributed by atoms with van der Waals surface area (Å²) < 4.78 is 6.77. The number of carbonyl (C=O) groups is 1. The van der Waals surface area contributed by atoms with Crippen LogP contribution in [0, 0.1) is 27.7 Å². The standard InChI is InChI=1S/C56H64Cl4N2O2/c1-9-13-29-61(30-14-10-2)43-25-27-45(39(7)33-43)47(41-21-17-37(5)18-22-41)35-56(50-49(55(63)64-56)51(57)53(59)54(60)52(50)58)36-48(42-23-19-38(6)20-24-42)46-28-26-44(34-40(46)8)62(31-15-11-3)32-16-12-4/h17-28,33-36H,9-16,29-32H2,1-8H3. The highest BCUT2D eigenvalue weighted by atomic mass is 35.5. The molecule has 1 aliphatic heterocycles. The van der Waals surface area contributed by atoms with Crippen molar-refractivity contribution in [3.8, 4) is 0 Å². The number of benzene rings is 5. The van der Waals surface area contributed by atoms with Crippen molar-refractivity contribution in [3.63, 3.8) is 0 Å². The third kappa shape index (κ3) is 10.9. The van der Waals surface area contributed by atoms with Gasteiger partial charge < -0.3 is 14.5 Å². The molecule has 0 atom stereocenters. The van der Waals surface area contributed by atoms with Crippen LogP contribution in [0.5, 0.6) is 0 Å². The summed E-state index contributed by atoms with van der Waals surface area (Å²) >= 11 is 27.9. The molecule has 5 aromatic carbocycles. The van der Waals surface area contributed by atoms with Gasteiger partial charge in [0.25, 0.3) is 0 Å². The lowest BCUT2D eigenvalue weighted by Crippen LogP contribution is -2.26. The van der Waals surface area contributed by atoms with E-state index >= 15 is 0 Å². The average Bonchev–Trinajstić information content (AvgIpc) is 3.58. The summed E-state index contributed by atoms with van der Waals surface area (Å²) in [5, 5.41) is 0.188. The van der Waals surface area contributed by atoms with Gasteiger partial charge >= 0.3 is 5.97 Å². The molecular weight excluding hydrogens is 874 g/mol. The number of hydrogen-bond donors (Lipinski definition) is 0. The number of unbranched alkanes of at least 4 members (excludes halogenated alkanes) is 4. The molecule has 0 spiro atoms. The van der Waals surface area contributed by atoms with E-state index in [2.05, 4.69) is 150 Å². The van der Waals surface area contributed by atoms with Crippen molar-refractivity contribution in [2.24, 2.45) is 0 Å². The highest BCUT2D eigenvalue weighted by Crippen LogP contribution is 2.54. The maximum Gasteiger partial charge on any atom is 0.341 e. The van der Waals surface area contributed by atoms with Crippen LogP contribution in [-0.4, -0.2) is 32.1 Å². The second kappa shape index (κ2) is 22.3. The van der Waals surface area contributed by atoms with Crippen molar-refractivity contribution >= 4 is 74.9 Å². The van der Waals surface area contributed by atoms with E-state index in [4.69, 9.17) is 51.1 Å². The Morgan fingerprint density at radius 1 is 0.531 bits per heavy atom. The first-order valence-electron chi connectivity index (χ1n) is 23.2. The van der Waals surface area contributed by atoms with E-state index in [9.17, 15) is 4.79 Å². The van der Waals surface area contributed by atoms with Crippen LogP contribution in [0.1, 0.15) is 139 Å². The maximum atomic E-state index is 14.5. The van der Waals surface area contributed by atoms with Gasteiger partial charge in [-0.05, 0) is 134 Å². The molecule has 6 rings (SSSR count). The van der Waals surface area contributed by atoms with Gasteiger partial charge in [-0.3, -0.25) is 0 Å². The van der Waals surface area contributed by atoms with Crippen molar-refractivity contribution in [1.29, 1.82) is 0 Å². The molecule has 0 aromatic heterocycles. The SMILES string of the molecule is CCCCN(CCCC)c1ccc(C(=CC2(C=C(c3ccc(C)cc3)c3ccc(N(CCCC)CCCC)cc3C)OC(=O)c3c(Cl)c(Cl)c(Cl)c(Cl)c32)c2ccc(C)cc2)c(C)c1. The van der Waals surface area contributed by atoms with E-state index < -0.39 is 11.6 Å². The molecule has 1 aliphatic rings. The minimum Gasteiger partial charge on any atom is -0.442 e. The molecule has 0 fully saturated rings. The van der Waals surface area contributed by atoms with Gasteiger partial charge in [0, 0.05) is 43.1 Å². The Labute approximate surface area is 403 Å². The van der Waals surface area contributed by atoms with E-state index in [1.165, 1.54) is 11.4 Å². The normalized spacial score (nSPS) is 15.1. The Kier molecular flexibility index (Phi) is 17.2. The highest BCUT2D eigenvalue weighted by molar-refractivity contribution is 6.53. The molecule has 0 N–H and O–H groups in total. The monoisotopic (exact) mass is 936 g/mol. The van der Waals surface area contributed by atoms with Gasteiger partial charge in [0.2, 0.25) is 0 Å². The first-order valence-corrected chi connectivity index (χ1v) is 24.7. The van der Waals surface area contributed by atoms with Gasteiger partial charge in [0.05, 0.1) is 25.7 Å². The van der Waals surface area contributed by atoms with Crippen LogP contribution in [0.15, 0.2) is 97.1 Å². The molecule has 1 heterocycles. The van der Waals surface area contributed by atoms with Gasteiger partial charge in [-0.15, -0.1) is 0 Å². The van der Waals surface area contributed by atoms with Gasteiger partial charge in [-0.25, -0.2) is 4.79 Å². The van der Waals surface area contributed by atoms with Crippen molar-refractivity contribution in [2.75, 3.05) is 36.0 Å².